The summed E-state index contributed by atoms with van der Waals surface area (Å²) in [5, 5.41) is 0. The predicted octanol–water partition coefficient (Wildman–Crippen LogP) is 3.43. The Balaban J connectivity index is 1.73. The average molecular weight is 296 g/mol. The summed E-state index contributed by atoms with van der Waals surface area (Å²) in [4.78, 5) is 18.2. The normalized spacial score (nSPS) is 14.2. The predicted molar refractivity (Wildman–Crippen MR) is 83.2 cm³/mol. The maximum absolute atomic E-state index is 13.8. The summed E-state index contributed by atoms with van der Waals surface area (Å²) < 4.78 is 13.8. The smallest absolute Gasteiger partial charge is 0.247 e. The van der Waals surface area contributed by atoms with Gasteiger partial charge in [0.25, 0.3) is 0 Å². The lowest BCUT2D eigenvalue weighted by Crippen LogP contribution is -2.31. The third-order valence-corrected chi connectivity index (χ3v) is 3.67. The second kappa shape index (κ2) is 6.52. The highest BCUT2D eigenvalue weighted by Gasteiger charge is 2.31. The molecule has 3 rings (SSSR count). The van der Waals surface area contributed by atoms with E-state index in [-0.39, 0.29) is 17.8 Å². The fraction of sp³-hybridized carbons (Fsp3) is 0.222. The third-order valence-electron chi connectivity index (χ3n) is 3.67. The van der Waals surface area contributed by atoms with Crippen molar-refractivity contribution in [2.45, 2.75) is 25.4 Å². The van der Waals surface area contributed by atoms with Gasteiger partial charge >= 0.3 is 0 Å². The van der Waals surface area contributed by atoms with Crippen LogP contribution in [0.2, 0.25) is 0 Å². The van der Waals surface area contributed by atoms with E-state index in [1.54, 1.807) is 41.6 Å². The maximum Gasteiger partial charge on any atom is 0.247 e. The van der Waals surface area contributed by atoms with Crippen LogP contribution in [0.25, 0.3) is 6.08 Å². The topological polar surface area (TPSA) is 33.2 Å². The largest absolute Gasteiger partial charge is 0.332 e. The molecule has 1 aliphatic carbocycles. The Hall–Kier alpha value is -2.49. The first-order chi connectivity index (χ1) is 10.7. The number of carbonyl (C=O) groups is 1. The quantitative estimate of drug-likeness (QED) is 0.792. The lowest BCUT2D eigenvalue weighted by atomic mass is 10.2. The van der Waals surface area contributed by atoms with Gasteiger partial charge in [-0.3, -0.25) is 9.78 Å². The van der Waals surface area contributed by atoms with Crippen LogP contribution in [0.1, 0.15) is 24.0 Å². The summed E-state index contributed by atoms with van der Waals surface area (Å²) in [6.45, 7) is 0.313. The number of carbonyl (C=O) groups excluding carboxylic acids is 1. The van der Waals surface area contributed by atoms with Crippen molar-refractivity contribution in [3.05, 3.63) is 71.8 Å². The summed E-state index contributed by atoms with van der Waals surface area (Å²) >= 11 is 0. The number of nitrogens with zero attached hydrogens (tertiary/aromatic N) is 2. The summed E-state index contributed by atoms with van der Waals surface area (Å²) in [5.74, 6) is -0.355. The first-order valence-corrected chi connectivity index (χ1v) is 7.36. The molecular weight excluding hydrogens is 279 g/mol. The Kier molecular flexibility index (Phi) is 4.28. The van der Waals surface area contributed by atoms with E-state index < -0.39 is 0 Å². The second-order valence-corrected chi connectivity index (χ2v) is 5.41. The summed E-state index contributed by atoms with van der Waals surface area (Å²) in [7, 11) is 0. The molecule has 0 bridgehead atoms. The Morgan fingerprint density at radius 2 is 2.09 bits per heavy atom. The molecule has 0 unspecified atom stereocenters. The highest BCUT2D eigenvalue weighted by atomic mass is 19.1. The molecule has 0 spiro atoms. The molecule has 0 radical (unpaired) electrons. The van der Waals surface area contributed by atoms with Crippen LogP contribution in [0.4, 0.5) is 4.39 Å². The highest BCUT2D eigenvalue weighted by molar-refractivity contribution is 5.92. The fourth-order valence-corrected chi connectivity index (χ4v) is 2.32. The Morgan fingerprint density at radius 1 is 1.27 bits per heavy atom. The SMILES string of the molecule is O=C(/C=C/c1cccnc1)N(Cc1ccccc1F)C1CC1. The Morgan fingerprint density at radius 3 is 2.77 bits per heavy atom. The van der Waals surface area contributed by atoms with Crippen molar-refractivity contribution < 1.29 is 9.18 Å². The molecule has 0 N–H and O–H groups in total. The molecule has 112 valence electrons. The molecule has 1 aromatic heterocycles. The van der Waals surface area contributed by atoms with Crippen LogP contribution in [-0.4, -0.2) is 21.8 Å². The van der Waals surface area contributed by atoms with E-state index in [0.717, 1.165) is 18.4 Å². The van der Waals surface area contributed by atoms with E-state index in [1.165, 1.54) is 12.1 Å². The fourth-order valence-electron chi connectivity index (χ4n) is 2.32. The summed E-state index contributed by atoms with van der Waals surface area (Å²) in [6.07, 6.45) is 8.64. The van der Waals surface area contributed by atoms with Gasteiger partial charge in [0.2, 0.25) is 5.91 Å². The van der Waals surface area contributed by atoms with Crippen LogP contribution in [0.15, 0.2) is 54.9 Å². The molecule has 4 heteroatoms. The van der Waals surface area contributed by atoms with Crippen LogP contribution in [-0.2, 0) is 11.3 Å². The van der Waals surface area contributed by atoms with Crippen LogP contribution in [0.5, 0.6) is 0 Å². The molecule has 1 aromatic carbocycles. The summed E-state index contributed by atoms with van der Waals surface area (Å²) in [6, 6.07) is 10.5. The minimum Gasteiger partial charge on any atom is -0.332 e. The monoisotopic (exact) mass is 296 g/mol. The van der Waals surface area contributed by atoms with Gasteiger partial charge in [0.1, 0.15) is 5.82 Å². The average Bonchev–Trinajstić information content (AvgIpc) is 3.37. The molecule has 0 atom stereocenters. The molecule has 0 saturated heterocycles. The molecule has 1 fully saturated rings. The van der Waals surface area contributed by atoms with Crippen LogP contribution in [0.3, 0.4) is 0 Å². The lowest BCUT2D eigenvalue weighted by Gasteiger charge is -2.21. The van der Waals surface area contributed by atoms with Crippen molar-refractivity contribution >= 4 is 12.0 Å². The molecule has 1 saturated carbocycles. The number of rotatable bonds is 5. The van der Waals surface area contributed by atoms with Gasteiger partial charge in [-0.25, -0.2) is 4.39 Å². The first-order valence-electron chi connectivity index (χ1n) is 7.36. The maximum atomic E-state index is 13.8. The Labute approximate surface area is 129 Å². The zero-order valence-corrected chi connectivity index (χ0v) is 12.2. The molecule has 1 heterocycles. The van der Waals surface area contributed by atoms with Gasteiger partial charge in [0.05, 0.1) is 0 Å². The van der Waals surface area contributed by atoms with Gasteiger partial charge in [-0.1, -0.05) is 24.3 Å². The zero-order chi connectivity index (χ0) is 15.4. The van der Waals surface area contributed by atoms with Crippen molar-refractivity contribution in [1.29, 1.82) is 0 Å². The summed E-state index contributed by atoms with van der Waals surface area (Å²) in [5.41, 5.74) is 1.43. The van der Waals surface area contributed by atoms with E-state index in [9.17, 15) is 9.18 Å². The van der Waals surface area contributed by atoms with E-state index in [1.807, 2.05) is 12.1 Å². The first kappa shape index (κ1) is 14.4. The minimum absolute atomic E-state index is 0.0883. The minimum atomic E-state index is -0.266. The van der Waals surface area contributed by atoms with E-state index in [0.29, 0.717) is 12.1 Å². The van der Waals surface area contributed by atoms with Gasteiger partial charge in [0, 0.05) is 36.6 Å². The third kappa shape index (κ3) is 3.58. The van der Waals surface area contributed by atoms with E-state index in [2.05, 4.69) is 4.98 Å². The number of halogens is 1. The molecule has 3 nitrogen and oxygen atoms in total. The number of amides is 1. The number of aromatic nitrogens is 1. The van der Waals surface area contributed by atoms with Crippen molar-refractivity contribution in [3.8, 4) is 0 Å². The van der Waals surface area contributed by atoms with Crippen molar-refractivity contribution in [3.63, 3.8) is 0 Å². The van der Waals surface area contributed by atoms with Crippen LogP contribution < -0.4 is 0 Å². The van der Waals surface area contributed by atoms with Gasteiger partial charge in [-0.2, -0.15) is 0 Å². The molecule has 1 aliphatic rings. The highest BCUT2D eigenvalue weighted by Crippen LogP contribution is 2.29. The number of hydrogen-bond donors (Lipinski definition) is 0. The number of benzene rings is 1. The molecule has 22 heavy (non-hydrogen) atoms. The second-order valence-electron chi connectivity index (χ2n) is 5.41. The number of hydrogen-bond acceptors (Lipinski definition) is 2. The van der Waals surface area contributed by atoms with E-state index >= 15 is 0 Å². The number of pyridine rings is 1. The van der Waals surface area contributed by atoms with Crippen molar-refractivity contribution in [2.24, 2.45) is 0 Å². The molecule has 2 aromatic rings. The molecule has 0 aliphatic heterocycles. The lowest BCUT2D eigenvalue weighted by molar-refractivity contribution is -0.127. The van der Waals surface area contributed by atoms with Gasteiger partial charge in [-0.15, -0.1) is 0 Å². The van der Waals surface area contributed by atoms with E-state index in [4.69, 9.17) is 0 Å². The van der Waals surface area contributed by atoms with Gasteiger partial charge < -0.3 is 4.90 Å². The van der Waals surface area contributed by atoms with Crippen LogP contribution >= 0.6 is 0 Å². The van der Waals surface area contributed by atoms with Gasteiger partial charge in [0.15, 0.2) is 0 Å². The standard InChI is InChI=1S/C18H17FN2O/c19-17-6-2-1-5-15(17)13-21(16-8-9-16)18(22)10-7-14-4-3-11-20-12-14/h1-7,10-12,16H,8-9,13H2/b10-7+. The van der Waals surface area contributed by atoms with Crippen molar-refractivity contribution in [1.82, 2.24) is 9.88 Å². The zero-order valence-electron chi connectivity index (χ0n) is 12.2. The Bertz CT molecular complexity index is 680. The molecular formula is C18H17FN2O. The van der Waals surface area contributed by atoms with Crippen molar-refractivity contribution in [2.75, 3.05) is 0 Å². The van der Waals surface area contributed by atoms with Crippen LogP contribution in [0, 0.1) is 5.82 Å². The van der Waals surface area contributed by atoms with Gasteiger partial charge in [-0.05, 0) is 36.6 Å². The molecule has 1 amide bonds.